The average Bonchev–Trinajstić information content (AvgIpc) is 3.47. The molecule has 0 aliphatic heterocycles. The van der Waals surface area contributed by atoms with Crippen LogP contribution in [0.2, 0.25) is 0 Å². The molecule has 0 saturated heterocycles. The summed E-state index contributed by atoms with van der Waals surface area (Å²) in [5.41, 5.74) is 3.68. The van der Waals surface area contributed by atoms with Crippen molar-refractivity contribution < 1.29 is 0 Å². The Balaban J connectivity index is 0. The summed E-state index contributed by atoms with van der Waals surface area (Å²) in [6.45, 7) is 14.4. The third kappa shape index (κ3) is 15.3. The third-order valence-corrected chi connectivity index (χ3v) is 4.35. The number of hydrogen-bond acceptors (Lipinski definition) is 3. The first-order valence-corrected chi connectivity index (χ1v) is 10.7. The summed E-state index contributed by atoms with van der Waals surface area (Å²) in [7, 11) is 0. The van der Waals surface area contributed by atoms with Gasteiger partial charge in [-0.25, -0.2) is 0 Å². The molecule has 0 aromatic rings. The standard InChI is InChI=1S/C17H22ClN.C3H9NS.C2H6/c1-5-7-17(18)12-19-14(4)13(3)8-9-15(6-2)16-10-11-16;1-3(2)5-4;1-2/h1,8-9,12,16H,6-7,10-11H2,2-4H3;3H,4H2,1-2H3;1-2H3/b13-8+,15-9+,17-12+,19-14-;;. The van der Waals surface area contributed by atoms with E-state index in [0.717, 1.165) is 23.6 Å². The van der Waals surface area contributed by atoms with Crippen molar-refractivity contribution in [1.82, 2.24) is 0 Å². The normalized spacial score (nSPS) is 15.6. The summed E-state index contributed by atoms with van der Waals surface area (Å²) in [4.78, 5) is 4.34. The van der Waals surface area contributed by atoms with E-state index < -0.39 is 0 Å². The minimum Gasteiger partial charge on any atom is -0.278 e. The van der Waals surface area contributed by atoms with Crippen LogP contribution in [0.15, 0.2) is 39.5 Å². The molecule has 1 aliphatic carbocycles. The molecule has 0 unspecified atom stereocenters. The lowest BCUT2D eigenvalue weighted by Crippen LogP contribution is -1.92. The summed E-state index contributed by atoms with van der Waals surface area (Å²) in [5, 5.41) is 6.26. The molecule has 0 heterocycles. The van der Waals surface area contributed by atoms with Gasteiger partial charge in [0, 0.05) is 28.6 Å². The molecule has 0 radical (unpaired) electrons. The van der Waals surface area contributed by atoms with Gasteiger partial charge in [0.05, 0.1) is 0 Å². The predicted octanol–water partition coefficient (Wildman–Crippen LogP) is 7.27. The van der Waals surface area contributed by atoms with Crippen molar-refractivity contribution in [3.63, 3.8) is 0 Å². The highest BCUT2D eigenvalue weighted by atomic mass is 35.5. The molecular weight excluding hydrogens is 360 g/mol. The molecular formula is C22H37ClN2S. The fraction of sp³-hybridized carbons (Fsp3) is 0.591. The second-order valence-electron chi connectivity index (χ2n) is 6.08. The average molecular weight is 397 g/mol. The van der Waals surface area contributed by atoms with Crippen LogP contribution in [0, 0.1) is 18.3 Å². The topological polar surface area (TPSA) is 38.4 Å². The van der Waals surface area contributed by atoms with Crippen LogP contribution in [0.25, 0.3) is 0 Å². The Labute approximate surface area is 171 Å². The number of terminal acetylenes is 1. The largest absolute Gasteiger partial charge is 0.278 e. The van der Waals surface area contributed by atoms with Crippen LogP contribution in [0.5, 0.6) is 0 Å². The number of nitrogens with zero attached hydrogens (tertiary/aromatic N) is 1. The molecule has 1 aliphatic rings. The van der Waals surface area contributed by atoms with Crippen molar-refractivity contribution in [2.45, 2.75) is 79.4 Å². The van der Waals surface area contributed by atoms with Crippen molar-refractivity contribution in [2.75, 3.05) is 0 Å². The first-order valence-electron chi connectivity index (χ1n) is 9.41. The zero-order valence-corrected chi connectivity index (χ0v) is 19.2. The quantitative estimate of drug-likeness (QED) is 0.212. The fourth-order valence-corrected chi connectivity index (χ4v) is 1.89. The summed E-state index contributed by atoms with van der Waals surface area (Å²) in [6.07, 6.45) is 15.5. The van der Waals surface area contributed by atoms with Crippen LogP contribution in [0.3, 0.4) is 0 Å². The Kier molecular flexibility index (Phi) is 18.3. The van der Waals surface area contributed by atoms with Gasteiger partial charge in [-0.3, -0.25) is 10.1 Å². The van der Waals surface area contributed by atoms with Gasteiger partial charge < -0.3 is 0 Å². The van der Waals surface area contributed by atoms with Crippen molar-refractivity contribution >= 4 is 29.3 Å². The van der Waals surface area contributed by atoms with Gasteiger partial charge in [-0.15, -0.1) is 12.3 Å². The molecule has 1 saturated carbocycles. The van der Waals surface area contributed by atoms with E-state index in [1.54, 1.807) is 11.8 Å². The van der Waals surface area contributed by atoms with Crippen molar-refractivity contribution in [3.8, 4) is 12.3 Å². The Morgan fingerprint density at radius 3 is 2.23 bits per heavy atom. The molecule has 0 amide bonds. The molecule has 2 nitrogen and oxygen atoms in total. The number of nitrogens with two attached hydrogens (primary N) is 1. The molecule has 0 atom stereocenters. The van der Waals surface area contributed by atoms with E-state index in [2.05, 4.69) is 50.8 Å². The molecule has 0 bridgehead atoms. The van der Waals surface area contributed by atoms with E-state index in [1.807, 2.05) is 20.8 Å². The maximum atomic E-state index is 5.91. The highest BCUT2D eigenvalue weighted by Crippen LogP contribution is 2.37. The van der Waals surface area contributed by atoms with E-state index in [9.17, 15) is 0 Å². The van der Waals surface area contributed by atoms with Gasteiger partial charge in [0.15, 0.2) is 0 Å². The van der Waals surface area contributed by atoms with Gasteiger partial charge in [0.1, 0.15) is 0 Å². The molecule has 26 heavy (non-hydrogen) atoms. The Morgan fingerprint density at radius 1 is 1.31 bits per heavy atom. The second-order valence-corrected chi connectivity index (χ2v) is 7.78. The van der Waals surface area contributed by atoms with Gasteiger partial charge in [0.2, 0.25) is 0 Å². The smallest absolute Gasteiger partial charge is 0.0482 e. The lowest BCUT2D eigenvalue weighted by Gasteiger charge is -2.01. The first kappa shape index (κ1) is 27.3. The number of aliphatic imine (C=N–C) groups is 1. The second kappa shape index (κ2) is 17.5. The van der Waals surface area contributed by atoms with Crippen LogP contribution in [0.1, 0.15) is 74.1 Å². The SMILES string of the molecule is C#CC\C(Cl)=C/N=C(C)\C(C)=C\C=C(/CC)C1CC1.CC.CC(C)SN. The van der Waals surface area contributed by atoms with Crippen LogP contribution >= 0.6 is 23.5 Å². The van der Waals surface area contributed by atoms with E-state index in [0.29, 0.717) is 16.7 Å². The van der Waals surface area contributed by atoms with E-state index in [4.69, 9.17) is 23.2 Å². The van der Waals surface area contributed by atoms with Gasteiger partial charge in [-0.2, -0.15) is 0 Å². The zero-order chi connectivity index (χ0) is 20.5. The molecule has 148 valence electrons. The molecule has 1 rings (SSSR count). The highest BCUT2D eigenvalue weighted by Gasteiger charge is 2.23. The van der Waals surface area contributed by atoms with E-state index >= 15 is 0 Å². The van der Waals surface area contributed by atoms with Crippen molar-refractivity contribution in [1.29, 1.82) is 0 Å². The molecule has 0 spiro atoms. The molecule has 0 aromatic heterocycles. The minimum absolute atomic E-state index is 0.433. The summed E-state index contributed by atoms with van der Waals surface area (Å²) < 4.78 is 0. The van der Waals surface area contributed by atoms with Gasteiger partial charge in [0.25, 0.3) is 0 Å². The van der Waals surface area contributed by atoms with Crippen molar-refractivity contribution in [2.24, 2.45) is 16.0 Å². The lowest BCUT2D eigenvalue weighted by atomic mass is 10.1. The maximum absolute atomic E-state index is 5.91. The molecule has 4 heteroatoms. The number of halogens is 1. The van der Waals surface area contributed by atoms with Crippen LogP contribution in [-0.2, 0) is 0 Å². The van der Waals surface area contributed by atoms with E-state index in [1.165, 1.54) is 24.8 Å². The summed E-state index contributed by atoms with van der Waals surface area (Å²) in [5.74, 6) is 3.32. The third-order valence-electron chi connectivity index (χ3n) is 3.57. The first-order chi connectivity index (χ1) is 12.3. The summed E-state index contributed by atoms with van der Waals surface area (Å²) in [6, 6.07) is 0. The number of allylic oxidation sites excluding steroid dienone is 5. The maximum Gasteiger partial charge on any atom is 0.0482 e. The molecule has 0 aromatic carbocycles. The van der Waals surface area contributed by atoms with Crippen LogP contribution in [0.4, 0.5) is 0 Å². The molecule has 1 fully saturated rings. The monoisotopic (exact) mass is 396 g/mol. The lowest BCUT2D eigenvalue weighted by molar-refractivity contribution is 0.912. The van der Waals surface area contributed by atoms with E-state index in [-0.39, 0.29) is 0 Å². The van der Waals surface area contributed by atoms with Gasteiger partial charge >= 0.3 is 0 Å². The van der Waals surface area contributed by atoms with Gasteiger partial charge in [-0.1, -0.05) is 75.9 Å². The van der Waals surface area contributed by atoms with Crippen LogP contribution < -0.4 is 5.14 Å². The van der Waals surface area contributed by atoms with Crippen molar-refractivity contribution in [3.05, 3.63) is 34.5 Å². The van der Waals surface area contributed by atoms with Crippen LogP contribution in [-0.4, -0.2) is 11.0 Å². The minimum atomic E-state index is 0.433. The Morgan fingerprint density at radius 2 is 1.85 bits per heavy atom. The number of rotatable bonds is 7. The Hall–Kier alpha value is -0.950. The molecule has 2 N–H and O–H groups in total. The number of hydrogen-bond donors (Lipinski definition) is 1. The fourth-order valence-electron chi connectivity index (χ4n) is 1.76. The summed E-state index contributed by atoms with van der Waals surface area (Å²) >= 11 is 7.29. The predicted molar refractivity (Wildman–Crippen MR) is 124 cm³/mol. The Bertz CT molecular complexity index is 533. The van der Waals surface area contributed by atoms with Gasteiger partial charge in [-0.05, 0) is 44.6 Å². The highest BCUT2D eigenvalue weighted by molar-refractivity contribution is 7.97. The zero-order valence-electron chi connectivity index (χ0n) is 17.6.